The molecule has 124 valence electrons. The molecule has 1 fully saturated rings. The van der Waals surface area contributed by atoms with Crippen LogP contribution in [0.3, 0.4) is 0 Å². The van der Waals surface area contributed by atoms with Crippen LogP contribution in [0, 0.1) is 9.81 Å². The molecule has 0 bridgehead atoms. The third-order valence-electron chi connectivity index (χ3n) is 2.36. The number of hydrogen-bond acceptors (Lipinski definition) is 2. The Hall–Kier alpha value is -0.530. The van der Waals surface area contributed by atoms with Gasteiger partial charge in [0.05, 0.1) is 0 Å². The van der Waals surface area contributed by atoms with Crippen molar-refractivity contribution in [2.45, 2.75) is 25.3 Å². The van der Waals surface area contributed by atoms with Crippen molar-refractivity contribution in [3.8, 4) is 0 Å². The fourth-order valence-electron chi connectivity index (χ4n) is 1.68. The predicted octanol–water partition coefficient (Wildman–Crippen LogP) is 0.998. The molecule has 0 spiro atoms. The maximum atomic E-state index is 8.47. The first kappa shape index (κ1) is 30.4. The summed E-state index contributed by atoms with van der Waals surface area (Å²) in [6, 6.07) is 0.406. The van der Waals surface area contributed by atoms with E-state index >= 15 is 0 Å². The Morgan fingerprint density at radius 1 is 1.09 bits per heavy atom. The molecule has 0 amide bonds. The van der Waals surface area contributed by atoms with Crippen LogP contribution in [-0.2, 0) is 55.3 Å². The van der Waals surface area contributed by atoms with E-state index in [4.69, 9.17) is 30.6 Å². The van der Waals surface area contributed by atoms with Crippen molar-refractivity contribution < 1.29 is 91.8 Å². The molecule has 0 radical (unpaired) electrons. The van der Waals surface area contributed by atoms with Gasteiger partial charge in [0.1, 0.15) is 9.81 Å². The van der Waals surface area contributed by atoms with Crippen molar-refractivity contribution in [1.82, 2.24) is 0 Å². The average molecular weight is 709 g/mol. The quantitative estimate of drug-likeness (QED) is 0.233. The minimum Gasteiger partial charge on any atom is -0.686 e. The second-order valence-corrected chi connectivity index (χ2v) is 3.78. The maximum absolute atomic E-state index is 8.47. The van der Waals surface area contributed by atoms with Crippen LogP contribution in [0.4, 0.5) is 0 Å². The van der Waals surface area contributed by atoms with Gasteiger partial charge in [0.25, 0.3) is 0 Å². The predicted molar refractivity (Wildman–Crippen MR) is 69.3 cm³/mol. The van der Waals surface area contributed by atoms with E-state index in [0.29, 0.717) is 6.04 Å². The van der Waals surface area contributed by atoms with Gasteiger partial charge in [0.2, 0.25) is 0 Å². The van der Waals surface area contributed by atoms with Gasteiger partial charge in [-0.15, -0.1) is 25.2 Å². The second kappa shape index (κ2) is 19.5. The number of piperidine rings is 1. The third kappa shape index (κ3) is 21.5. The van der Waals surface area contributed by atoms with Crippen molar-refractivity contribution in [2.75, 3.05) is 13.1 Å². The van der Waals surface area contributed by atoms with Crippen LogP contribution in [0.15, 0.2) is 23.9 Å². The van der Waals surface area contributed by atoms with E-state index in [9.17, 15) is 0 Å². The summed E-state index contributed by atoms with van der Waals surface area (Å²) in [7, 11) is 0. The van der Waals surface area contributed by atoms with E-state index in [1.165, 1.54) is 25.0 Å². The van der Waals surface area contributed by atoms with Gasteiger partial charge in [-0.2, -0.15) is 5.70 Å². The summed E-state index contributed by atoms with van der Waals surface area (Å²) < 4.78 is 0. The van der Waals surface area contributed by atoms with E-state index in [1.807, 2.05) is 0 Å². The molecule has 23 heavy (non-hydrogen) atoms. The summed E-state index contributed by atoms with van der Waals surface area (Å²) in [4.78, 5) is 16.9. The molecule has 1 saturated heterocycles. The maximum Gasteiger partial charge on any atom is 2.00 e. The first-order valence-corrected chi connectivity index (χ1v) is 5.84. The molecule has 0 aromatic heterocycles. The first-order chi connectivity index (χ1) is 9.43. The SMILES string of the molecule is C1=CC[N-]C(C2CCCC[N-]2)=C1.O.O=[N+](O)O.O=[N+](O)O.[Hg+2].[Hg]. The van der Waals surface area contributed by atoms with Crippen LogP contribution in [0.1, 0.15) is 19.3 Å². The molecule has 11 nitrogen and oxygen atoms in total. The summed E-state index contributed by atoms with van der Waals surface area (Å²) in [6.45, 7) is 1.87. The molecule has 0 aromatic rings. The second-order valence-electron chi connectivity index (χ2n) is 3.78. The van der Waals surface area contributed by atoms with Crippen molar-refractivity contribution in [1.29, 1.82) is 0 Å². The summed E-state index contributed by atoms with van der Waals surface area (Å²) in [5.41, 5.74) is 1.19. The molecular weight excluding hydrogens is 689 g/mol. The number of rotatable bonds is 1. The van der Waals surface area contributed by atoms with E-state index in [2.05, 4.69) is 28.9 Å². The average Bonchev–Trinajstić information content (AvgIpc) is 2.39. The molecule has 0 saturated carbocycles. The summed E-state index contributed by atoms with van der Waals surface area (Å²) in [5.74, 6) is 0. The Labute approximate surface area is 173 Å². The largest absolute Gasteiger partial charge is 2.00 e. The summed E-state index contributed by atoms with van der Waals surface area (Å²) >= 11 is 0. The van der Waals surface area contributed by atoms with Gasteiger partial charge >= 0.3 is 37.8 Å². The molecule has 0 aliphatic carbocycles. The zero-order valence-electron chi connectivity index (χ0n) is 12.7. The molecular formula is C10H20Hg2N4O7+2. The Morgan fingerprint density at radius 2 is 1.61 bits per heavy atom. The van der Waals surface area contributed by atoms with Crippen molar-refractivity contribution in [3.05, 3.63) is 44.4 Å². The topological polar surface area (TPSA) is 181 Å². The van der Waals surface area contributed by atoms with Crippen molar-refractivity contribution in [2.24, 2.45) is 0 Å². The van der Waals surface area contributed by atoms with Crippen LogP contribution in [0.25, 0.3) is 10.6 Å². The number of hydrogen-bond donors (Lipinski definition) is 4. The summed E-state index contributed by atoms with van der Waals surface area (Å²) in [6.07, 6.45) is 10.0. The summed E-state index contributed by atoms with van der Waals surface area (Å²) in [5, 5.41) is 34.0. The molecule has 2 rings (SSSR count). The Kier molecular flexibility index (Phi) is 25.8. The van der Waals surface area contributed by atoms with Crippen LogP contribution < -0.4 is 0 Å². The molecule has 2 aliphatic rings. The van der Waals surface area contributed by atoms with Gasteiger partial charge in [0, 0.05) is 27.7 Å². The molecule has 6 N–H and O–H groups in total. The standard InChI is InChI=1S/C10H14N2.2Hg.2H2NO3.H2O/c1-3-7-11-9(5-1)10-6-2-4-8-12-10;;;2*2-1(3)4;/h1,3,5,10H,2,4,6-8H2;;;2*(H2,2,3,4);1H2/q-2;;+2;2*+1;. The zero-order chi connectivity index (χ0) is 15.4. The molecule has 1 unspecified atom stereocenters. The van der Waals surface area contributed by atoms with E-state index in [0.717, 1.165) is 13.1 Å². The van der Waals surface area contributed by atoms with Gasteiger partial charge in [-0.25, -0.2) is 20.8 Å². The van der Waals surface area contributed by atoms with Crippen LogP contribution in [-0.4, -0.2) is 55.6 Å². The number of nitrogens with zero attached hydrogens (tertiary/aromatic N) is 4. The smallest absolute Gasteiger partial charge is 0.686 e. The molecule has 0 aromatic carbocycles. The Morgan fingerprint density at radius 3 is 1.96 bits per heavy atom. The first-order valence-electron chi connectivity index (χ1n) is 5.84. The van der Waals surface area contributed by atoms with E-state index in [1.54, 1.807) is 0 Å². The fourth-order valence-corrected chi connectivity index (χ4v) is 1.68. The normalized spacial score (nSPS) is 17.4. The van der Waals surface area contributed by atoms with Gasteiger partial charge < -0.3 is 16.1 Å². The van der Waals surface area contributed by atoms with E-state index < -0.39 is 10.2 Å². The van der Waals surface area contributed by atoms with Crippen LogP contribution >= 0.6 is 0 Å². The molecule has 1 atom stereocenters. The minimum atomic E-state index is -1.25. The molecule has 2 aliphatic heterocycles. The van der Waals surface area contributed by atoms with Gasteiger partial charge in [0.15, 0.2) is 0 Å². The van der Waals surface area contributed by atoms with Crippen LogP contribution in [0.5, 0.6) is 0 Å². The van der Waals surface area contributed by atoms with Crippen molar-refractivity contribution in [3.63, 3.8) is 0 Å². The molecule has 13 heteroatoms. The Bertz CT molecular complexity index is 356. The minimum absolute atomic E-state index is 0. The van der Waals surface area contributed by atoms with E-state index in [-0.39, 0.29) is 60.8 Å². The zero-order valence-corrected chi connectivity index (χ0v) is 23.6. The monoisotopic (exact) mass is 712 g/mol. The number of allylic oxidation sites excluding steroid dienone is 2. The molecule has 2 heterocycles. The Balaban J connectivity index is -0.000000142. The fraction of sp³-hybridized carbons (Fsp3) is 0.600. The van der Waals surface area contributed by atoms with Crippen LogP contribution in [0.2, 0.25) is 0 Å². The van der Waals surface area contributed by atoms with Crippen molar-refractivity contribution >= 4 is 0 Å². The van der Waals surface area contributed by atoms with Gasteiger partial charge in [-0.05, 0) is 0 Å². The van der Waals surface area contributed by atoms with Gasteiger partial charge in [-0.1, -0.05) is 31.4 Å². The third-order valence-corrected chi connectivity index (χ3v) is 2.36. The van der Waals surface area contributed by atoms with Gasteiger partial charge in [-0.3, -0.25) is 0 Å².